The van der Waals surface area contributed by atoms with Crippen LogP contribution < -0.4 is 9.47 Å². The zero-order chi connectivity index (χ0) is 34.4. The van der Waals surface area contributed by atoms with Crippen LogP contribution in [-0.4, -0.2) is 24.0 Å². The Balaban J connectivity index is 1.41. The predicted molar refractivity (Wildman–Crippen MR) is 191 cm³/mol. The highest BCUT2D eigenvalue weighted by Gasteiger charge is 2.15. The molecule has 6 nitrogen and oxygen atoms in total. The molecule has 3 rings (SSSR count). The number of carbonyl (C=O) groups excluding carboxylic acids is 3. The fourth-order valence-corrected chi connectivity index (χ4v) is 5.22. The molecule has 0 bridgehead atoms. The third-order valence-electron chi connectivity index (χ3n) is 8.20. The molecular weight excluding hydrogens is 600 g/mol. The fraction of sp³-hybridized carbons (Fsp3) is 0.452. The van der Waals surface area contributed by atoms with Crippen molar-refractivity contribution in [3.63, 3.8) is 0 Å². The minimum Gasteiger partial charge on any atom is -0.459 e. The summed E-state index contributed by atoms with van der Waals surface area (Å²) in [6.07, 6.45) is 16.0. The maximum atomic E-state index is 12.7. The minimum absolute atomic E-state index is 0.0920. The van der Waals surface area contributed by atoms with E-state index >= 15 is 0 Å². The molecule has 0 N–H and O–H groups in total. The van der Waals surface area contributed by atoms with Gasteiger partial charge >= 0.3 is 17.9 Å². The average molecular weight is 653 g/mol. The van der Waals surface area contributed by atoms with E-state index in [2.05, 4.69) is 25.7 Å². The van der Waals surface area contributed by atoms with E-state index in [-0.39, 0.29) is 18.0 Å². The van der Waals surface area contributed by atoms with Crippen molar-refractivity contribution < 1.29 is 28.6 Å². The summed E-state index contributed by atoms with van der Waals surface area (Å²) in [4.78, 5) is 37.5. The third kappa shape index (κ3) is 14.6. The molecule has 0 amide bonds. The first-order valence-corrected chi connectivity index (χ1v) is 17.9. The van der Waals surface area contributed by atoms with Crippen LogP contribution >= 0.6 is 0 Å². The summed E-state index contributed by atoms with van der Waals surface area (Å²) in [5, 5.41) is 0. The lowest BCUT2D eigenvalue weighted by atomic mass is 10.1. The van der Waals surface area contributed by atoms with Gasteiger partial charge in [0.05, 0.1) is 11.1 Å². The van der Waals surface area contributed by atoms with E-state index in [9.17, 15) is 14.4 Å². The van der Waals surface area contributed by atoms with E-state index in [1.54, 1.807) is 60.7 Å². The second-order valence-electron chi connectivity index (χ2n) is 12.2. The van der Waals surface area contributed by atoms with E-state index in [0.29, 0.717) is 29.0 Å². The quantitative estimate of drug-likeness (QED) is 0.0523. The number of rotatable bonds is 20. The highest BCUT2D eigenvalue weighted by molar-refractivity contribution is 5.92. The molecule has 0 heterocycles. The number of esters is 3. The average Bonchev–Trinajstić information content (AvgIpc) is 3.10. The normalized spacial score (nSPS) is 11.2. The number of ether oxygens (including phenoxy) is 3. The molecule has 0 unspecified atom stereocenters. The lowest BCUT2D eigenvalue weighted by Gasteiger charge is -2.16. The molecule has 0 saturated carbocycles. The van der Waals surface area contributed by atoms with Gasteiger partial charge in [-0.15, -0.1) is 0 Å². The van der Waals surface area contributed by atoms with Gasteiger partial charge in [0.1, 0.15) is 17.6 Å². The minimum atomic E-state index is -0.504. The maximum absolute atomic E-state index is 12.7. The lowest BCUT2D eigenvalue weighted by molar-refractivity contribution is -0.134. The second kappa shape index (κ2) is 22.2. The van der Waals surface area contributed by atoms with Crippen molar-refractivity contribution in [3.8, 4) is 23.3 Å². The summed E-state index contributed by atoms with van der Waals surface area (Å²) < 4.78 is 16.7. The van der Waals surface area contributed by atoms with Crippen molar-refractivity contribution in [2.24, 2.45) is 0 Å². The first-order valence-electron chi connectivity index (χ1n) is 17.9. The molecule has 1 atom stereocenters. The van der Waals surface area contributed by atoms with Crippen molar-refractivity contribution in [2.45, 2.75) is 123 Å². The molecule has 6 heteroatoms. The van der Waals surface area contributed by atoms with Gasteiger partial charge < -0.3 is 14.2 Å². The molecule has 3 aromatic carbocycles. The molecule has 256 valence electrons. The van der Waals surface area contributed by atoms with Gasteiger partial charge in [0, 0.05) is 17.5 Å². The molecular formula is C42H52O6. The SMILES string of the molecule is CCCCCCCCCCC(=O)Oc1ccc(C#Cc2ccc(C(=O)Oc3ccc(C(=O)O[C@@H](CC)CCCCCC)cc3)cc2)cc1. The van der Waals surface area contributed by atoms with Crippen LogP contribution in [0.3, 0.4) is 0 Å². The van der Waals surface area contributed by atoms with Gasteiger partial charge in [0.15, 0.2) is 0 Å². The Bertz CT molecular complexity index is 1450. The van der Waals surface area contributed by atoms with Crippen LogP contribution in [0.4, 0.5) is 0 Å². The molecule has 0 fully saturated rings. The number of hydrogen-bond acceptors (Lipinski definition) is 6. The third-order valence-corrected chi connectivity index (χ3v) is 8.20. The van der Waals surface area contributed by atoms with Crippen LogP contribution in [0.1, 0.15) is 149 Å². The Morgan fingerprint density at radius 2 is 1.00 bits per heavy atom. The van der Waals surface area contributed by atoms with E-state index in [4.69, 9.17) is 14.2 Å². The number of benzene rings is 3. The van der Waals surface area contributed by atoms with Crippen molar-refractivity contribution in [1.29, 1.82) is 0 Å². The van der Waals surface area contributed by atoms with Crippen molar-refractivity contribution in [1.82, 2.24) is 0 Å². The molecule has 0 spiro atoms. The van der Waals surface area contributed by atoms with Crippen molar-refractivity contribution >= 4 is 17.9 Å². The summed E-state index contributed by atoms with van der Waals surface area (Å²) in [7, 11) is 0. The molecule has 48 heavy (non-hydrogen) atoms. The van der Waals surface area contributed by atoms with E-state index in [0.717, 1.165) is 49.7 Å². The van der Waals surface area contributed by atoms with Gasteiger partial charge in [-0.2, -0.15) is 0 Å². The summed E-state index contributed by atoms with van der Waals surface area (Å²) in [6, 6.07) is 20.4. The first-order chi connectivity index (χ1) is 23.4. The maximum Gasteiger partial charge on any atom is 0.343 e. The molecule has 0 aliphatic heterocycles. The topological polar surface area (TPSA) is 78.9 Å². The van der Waals surface area contributed by atoms with Crippen LogP contribution in [0.25, 0.3) is 0 Å². The summed E-state index contributed by atoms with van der Waals surface area (Å²) in [5.74, 6) is 5.97. The van der Waals surface area contributed by atoms with E-state index in [1.807, 2.05) is 19.1 Å². The molecule has 0 aromatic heterocycles. The van der Waals surface area contributed by atoms with Gasteiger partial charge in [-0.3, -0.25) is 4.79 Å². The Morgan fingerprint density at radius 1 is 0.542 bits per heavy atom. The Hall–Kier alpha value is -4.37. The second-order valence-corrected chi connectivity index (χ2v) is 12.2. The smallest absolute Gasteiger partial charge is 0.343 e. The standard InChI is InChI=1S/C42H52O6/c1-4-7-9-11-12-13-14-16-18-40(43)46-38-29-23-34(24-30-38)20-19-33-21-25-35(26-22-33)42(45)48-39-31-27-36(28-32-39)41(44)47-37(6-3)17-15-10-8-5-2/h21-32,37H,4-18H2,1-3H3/t37-/m0/s1. The Morgan fingerprint density at radius 3 is 1.58 bits per heavy atom. The fourth-order valence-electron chi connectivity index (χ4n) is 5.22. The molecule has 0 radical (unpaired) electrons. The number of carbonyl (C=O) groups is 3. The van der Waals surface area contributed by atoms with Crippen LogP contribution in [0.15, 0.2) is 72.8 Å². The van der Waals surface area contributed by atoms with E-state index in [1.165, 1.54) is 51.4 Å². The molecule has 3 aromatic rings. The predicted octanol–water partition coefficient (Wildman–Crippen LogP) is 10.6. The van der Waals surface area contributed by atoms with Crippen LogP contribution in [0.5, 0.6) is 11.5 Å². The highest BCUT2D eigenvalue weighted by atomic mass is 16.5. The van der Waals surface area contributed by atoms with Crippen LogP contribution in [-0.2, 0) is 9.53 Å². The monoisotopic (exact) mass is 652 g/mol. The summed E-state index contributed by atoms with van der Waals surface area (Å²) >= 11 is 0. The van der Waals surface area contributed by atoms with Gasteiger partial charge in [-0.25, -0.2) is 9.59 Å². The summed E-state index contributed by atoms with van der Waals surface area (Å²) in [6.45, 7) is 6.42. The molecule has 0 saturated heterocycles. The lowest BCUT2D eigenvalue weighted by Crippen LogP contribution is -2.17. The molecule has 0 aliphatic carbocycles. The van der Waals surface area contributed by atoms with Gasteiger partial charge in [-0.1, -0.05) is 96.8 Å². The van der Waals surface area contributed by atoms with Crippen molar-refractivity contribution in [3.05, 3.63) is 95.1 Å². The Kier molecular flexibility index (Phi) is 17.6. The van der Waals surface area contributed by atoms with Gasteiger partial charge in [-0.05, 0) is 98.5 Å². The molecule has 0 aliphatic rings. The van der Waals surface area contributed by atoms with Crippen LogP contribution in [0, 0.1) is 11.8 Å². The van der Waals surface area contributed by atoms with E-state index < -0.39 is 5.97 Å². The zero-order valence-corrected chi connectivity index (χ0v) is 29.1. The first kappa shape index (κ1) is 38.1. The largest absolute Gasteiger partial charge is 0.459 e. The van der Waals surface area contributed by atoms with Gasteiger partial charge in [0.2, 0.25) is 0 Å². The van der Waals surface area contributed by atoms with Crippen LogP contribution in [0.2, 0.25) is 0 Å². The highest BCUT2D eigenvalue weighted by Crippen LogP contribution is 2.19. The Labute approximate surface area is 287 Å². The van der Waals surface area contributed by atoms with Crippen molar-refractivity contribution in [2.75, 3.05) is 0 Å². The number of unbranched alkanes of at least 4 members (excludes halogenated alkanes) is 10. The van der Waals surface area contributed by atoms with Gasteiger partial charge in [0.25, 0.3) is 0 Å². The summed E-state index contributed by atoms with van der Waals surface area (Å²) in [5.41, 5.74) is 2.34. The zero-order valence-electron chi connectivity index (χ0n) is 29.1. The number of hydrogen-bond donors (Lipinski definition) is 0.